The molecule has 3 nitrogen and oxygen atoms in total. The maximum atomic E-state index is 12.2. The highest BCUT2D eigenvalue weighted by atomic mass is 16.1. The SMILES string of the molecule is CN(C)[C@@H]1CCC[C@H](C(=O)NCCc2ccccc2)C1. The highest BCUT2D eigenvalue weighted by molar-refractivity contribution is 5.78. The van der Waals surface area contributed by atoms with Gasteiger partial charge in [-0.1, -0.05) is 36.8 Å². The molecule has 1 aliphatic carbocycles. The molecule has 110 valence electrons. The Bertz CT molecular complexity index is 416. The fourth-order valence-corrected chi connectivity index (χ4v) is 2.99. The van der Waals surface area contributed by atoms with Crippen LogP contribution in [0.3, 0.4) is 0 Å². The van der Waals surface area contributed by atoms with E-state index in [1.807, 2.05) is 18.2 Å². The summed E-state index contributed by atoms with van der Waals surface area (Å²) < 4.78 is 0. The van der Waals surface area contributed by atoms with Crippen LogP contribution in [0.25, 0.3) is 0 Å². The summed E-state index contributed by atoms with van der Waals surface area (Å²) >= 11 is 0. The van der Waals surface area contributed by atoms with E-state index in [1.54, 1.807) is 0 Å². The first-order valence-electron chi connectivity index (χ1n) is 7.65. The molecule has 0 aliphatic heterocycles. The molecule has 0 bridgehead atoms. The van der Waals surface area contributed by atoms with Crippen molar-refractivity contribution < 1.29 is 4.79 Å². The summed E-state index contributed by atoms with van der Waals surface area (Å²) in [7, 11) is 4.22. The smallest absolute Gasteiger partial charge is 0.223 e. The molecule has 1 saturated carbocycles. The zero-order valence-corrected chi connectivity index (χ0v) is 12.6. The molecule has 0 saturated heterocycles. The van der Waals surface area contributed by atoms with E-state index in [1.165, 1.54) is 18.4 Å². The minimum absolute atomic E-state index is 0.201. The topological polar surface area (TPSA) is 32.3 Å². The summed E-state index contributed by atoms with van der Waals surface area (Å²) in [6.45, 7) is 0.742. The zero-order valence-electron chi connectivity index (χ0n) is 12.6. The summed E-state index contributed by atoms with van der Waals surface area (Å²) in [4.78, 5) is 14.5. The van der Waals surface area contributed by atoms with Gasteiger partial charge in [0.2, 0.25) is 5.91 Å². The number of nitrogens with one attached hydrogen (secondary N) is 1. The summed E-state index contributed by atoms with van der Waals surface area (Å²) in [5.74, 6) is 0.444. The van der Waals surface area contributed by atoms with E-state index in [0.29, 0.717) is 6.04 Å². The van der Waals surface area contributed by atoms with E-state index in [2.05, 4.69) is 36.4 Å². The summed E-state index contributed by atoms with van der Waals surface area (Å²) in [5.41, 5.74) is 1.28. The molecule has 1 aliphatic rings. The first-order valence-corrected chi connectivity index (χ1v) is 7.65. The second kappa shape index (κ2) is 7.44. The fourth-order valence-electron chi connectivity index (χ4n) is 2.99. The number of amides is 1. The Labute approximate surface area is 122 Å². The van der Waals surface area contributed by atoms with Gasteiger partial charge in [-0.15, -0.1) is 0 Å². The second-order valence-corrected chi connectivity index (χ2v) is 6.01. The lowest BCUT2D eigenvalue weighted by Gasteiger charge is -2.32. The molecular formula is C17H26N2O. The summed E-state index contributed by atoms with van der Waals surface area (Å²) in [6, 6.07) is 10.9. The number of hydrogen-bond acceptors (Lipinski definition) is 2. The van der Waals surface area contributed by atoms with Crippen LogP contribution in [0, 0.1) is 5.92 Å². The predicted octanol–water partition coefficient (Wildman–Crippen LogP) is 2.47. The van der Waals surface area contributed by atoms with Gasteiger partial charge in [0.25, 0.3) is 0 Å². The van der Waals surface area contributed by atoms with E-state index in [-0.39, 0.29) is 11.8 Å². The minimum Gasteiger partial charge on any atom is -0.356 e. The van der Waals surface area contributed by atoms with E-state index in [4.69, 9.17) is 0 Å². The van der Waals surface area contributed by atoms with Gasteiger partial charge in [-0.05, 0) is 45.3 Å². The average molecular weight is 274 g/mol. The van der Waals surface area contributed by atoms with Crippen molar-refractivity contribution in [1.82, 2.24) is 10.2 Å². The molecule has 1 aromatic rings. The van der Waals surface area contributed by atoms with Crippen molar-refractivity contribution in [1.29, 1.82) is 0 Å². The van der Waals surface area contributed by atoms with Crippen LogP contribution < -0.4 is 5.32 Å². The molecule has 1 fully saturated rings. The lowest BCUT2D eigenvalue weighted by atomic mass is 9.84. The number of rotatable bonds is 5. The van der Waals surface area contributed by atoms with E-state index >= 15 is 0 Å². The third kappa shape index (κ3) is 4.34. The molecule has 0 spiro atoms. The van der Waals surface area contributed by atoms with Crippen molar-refractivity contribution in [2.75, 3.05) is 20.6 Å². The lowest BCUT2D eigenvalue weighted by molar-refractivity contribution is -0.126. The molecule has 0 heterocycles. The standard InChI is InChI=1S/C17H26N2O/c1-19(2)16-10-6-9-15(13-16)17(20)18-12-11-14-7-4-3-5-8-14/h3-5,7-8,15-16H,6,9-13H2,1-2H3,(H,18,20)/t15-,16+/m0/s1. The highest BCUT2D eigenvalue weighted by Crippen LogP contribution is 2.26. The quantitative estimate of drug-likeness (QED) is 0.894. The molecule has 0 unspecified atom stereocenters. The largest absolute Gasteiger partial charge is 0.356 e. The van der Waals surface area contributed by atoms with Gasteiger partial charge in [-0.2, -0.15) is 0 Å². The van der Waals surface area contributed by atoms with Crippen LogP contribution in [0.1, 0.15) is 31.2 Å². The number of nitrogens with zero attached hydrogens (tertiary/aromatic N) is 1. The van der Waals surface area contributed by atoms with E-state index in [9.17, 15) is 4.79 Å². The van der Waals surface area contributed by atoms with Gasteiger partial charge in [0, 0.05) is 18.5 Å². The van der Waals surface area contributed by atoms with Gasteiger partial charge >= 0.3 is 0 Å². The van der Waals surface area contributed by atoms with Crippen LogP contribution >= 0.6 is 0 Å². The van der Waals surface area contributed by atoms with Gasteiger partial charge < -0.3 is 10.2 Å². The molecule has 20 heavy (non-hydrogen) atoms. The molecule has 0 radical (unpaired) electrons. The number of benzene rings is 1. The minimum atomic E-state index is 0.201. The van der Waals surface area contributed by atoms with Crippen molar-refractivity contribution in [2.24, 2.45) is 5.92 Å². The number of carbonyl (C=O) groups is 1. The Morgan fingerprint density at radius 2 is 2.00 bits per heavy atom. The van der Waals surface area contributed by atoms with Crippen molar-refractivity contribution in [3.05, 3.63) is 35.9 Å². The van der Waals surface area contributed by atoms with Gasteiger partial charge in [0.15, 0.2) is 0 Å². The van der Waals surface area contributed by atoms with Crippen molar-refractivity contribution in [2.45, 2.75) is 38.1 Å². The zero-order chi connectivity index (χ0) is 14.4. The Morgan fingerprint density at radius 1 is 1.25 bits per heavy atom. The molecular weight excluding hydrogens is 248 g/mol. The van der Waals surface area contributed by atoms with Crippen molar-refractivity contribution in [3.8, 4) is 0 Å². The van der Waals surface area contributed by atoms with E-state index < -0.39 is 0 Å². The predicted molar refractivity (Wildman–Crippen MR) is 82.6 cm³/mol. The van der Waals surface area contributed by atoms with Crippen LogP contribution in [-0.4, -0.2) is 37.5 Å². The first kappa shape index (κ1) is 15.0. The molecule has 1 aromatic carbocycles. The second-order valence-electron chi connectivity index (χ2n) is 6.01. The molecule has 1 amide bonds. The number of carbonyl (C=O) groups excluding carboxylic acids is 1. The maximum absolute atomic E-state index is 12.2. The fraction of sp³-hybridized carbons (Fsp3) is 0.588. The highest BCUT2D eigenvalue weighted by Gasteiger charge is 2.27. The van der Waals surface area contributed by atoms with Crippen LogP contribution in [0.15, 0.2) is 30.3 Å². The van der Waals surface area contributed by atoms with Gasteiger partial charge in [-0.3, -0.25) is 4.79 Å². The maximum Gasteiger partial charge on any atom is 0.223 e. The first-order chi connectivity index (χ1) is 9.66. The third-order valence-electron chi connectivity index (χ3n) is 4.30. The Kier molecular flexibility index (Phi) is 5.60. The summed E-state index contributed by atoms with van der Waals surface area (Å²) in [5, 5.41) is 3.10. The lowest BCUT2D eigenvalue weighted by Crippen LogP contribution is -2.40. The molecule has 2 atom stereocenters. The normalized spacial score (nSPS) is 22.8. The molecule has 1 N–H and O–H groups in total. The van der Waals surface area contributed by atoms with E-state index in [0.717, 1.165) is 25.8 Å². The Balaban J connectivity index is 1.74. The summed E-state index contributed by atoms with van der Waals surface area (Å²) in [6.07, 6.45) is 5.35. The third-order valence-corrected chi connectivity index (χ3v) is 4.30. The van der Waals surface area contributed by atoms with Crippen LogP contribution in [-0.2, 0) is 11.2 Å². The van der Waals surface area contributed by atoms with Crippen molar-refractivity contribution >= 4 is 5.91 Å². The Morgan fingerprint density at radius 3 is 2.70 bits per heavy atom. The van der Waals surface area contributed by atoms with Gasteiger partial charge in [0.1, 0.15) is 0 Å². The van der Waals surface area contributed by atoms with Crippen LogP contribution in [0.2, 0.25) is 0 Å². The van der Waals surface area contributed by atoms with Crippen LogP contribution in [0.4, 0.5) is 0 Å². The molecule has 0 aromatic heterocycles. The number of hydrogen-bond donors (Lipinski definition) is 1. The van der Waals surface area contributed by atoms with Crippen LogP contribution in [0.5, 0.6) is 0 Å². The van der Waals surface area contributed by atoms with Crippen molar-refractivity contribution in [3.63, 3.8) is 0 Å². The Hall–Kier alpha value is -1.35. The average Bonchev–Trinajstić information content (AvgIpc) is 2.48. The van der Waals surface area contributed by atoms with Gasteiger partial charge in [-0.25, -0.2) is 0 Å². The molecule has 2 rings (SSSR count). The molecule has 3 heteroatoms. The monoisotopic (exact) mass is 274 g/mol. The van der Waals surface area contributed by atoms with Gasteiger partial charge in [0.05, 0.1) is 0 Å².